The van der Waals surface area contributed by atoms with Crippen molar-refractivity contribution in [2.45, 2.75) is 20.0 Å². The van der Waals surface area contributed by atoms with Gasteiger partial charge in [0.15, 0.2) is 0 Å². The summed E-state index contributed by atoms with van der Waals surface area (Å²) in [6.45, 7) is 3.66. The number of hydrogen-bond donors (Lipinski definition) is 0. The molecular formula is C18H16ClN5. The first-order valence-electron chi connectivity index (χ1n) is 7.80. The minimum Gasteiger partial charge on any atom is -0.333 e. The first kappa shape index (κ1) is 14.9. The summed E-state index contributed by atoms with van der Waals surface area (Å²) in [5, 5.41) is 0.718. The monoisotopic (exact) mass is 337 g/mol. The van der Waals surface area contributed by atoms with Gasteiger partial charge < -0.3 is 9.13 Å². The zero-order chi connectivity index (χ0) is 16.5. The van der Waals surface area contributed by atoms with Crippen LogP contribution >= 0.6 is 11.6 Å². The lowest BCUT2D eigenvalue weighted by molar-refractivity contribution is 0.786. The molecule has 3 heterocycles. The van der Waals surface area contributed by atoms with Crippen molar-refractivity contribution in [3.63, 3.8) is 0 Å². The fraction of sp³-hybridized carbons (Fsp3) is 0.167. The number of fused-ring (bicyclic) bond motifs is 1. The van der Waals surface area contributed by atoms with Crippen LogP contribution in [0.5, 0.6) is 0 Å². The van der Waals surface area contributed by atoms with E-state index in [0.717, 1.165) is 46.1 Å². The zero-order valence-electron chi connectivity index (χ0n) is 13.2. The lowest BCUT2D eigenvalue weighted by Crippen LogP contribution is -2.00. The molecule has 0 N–H and O–H groups in total. The molecule has 0 aliphatic carbocycles. The Hall–Kier alpha value is -2.66. The molecule has 24 heavy (non-hydrogen) atoms. The first-order valence-corrected chi connectivity index (χ1v) is 8.18. The first-order chi connectivity index (χ1) is 11.7. The van der Waals surface area contributed by atoms with Gasteiger partial charge in [-0.3, -0.25) is 4.98 Å². The van der Waals surface area contributed by atoms with Crippen molar-refractivity contribution in [2.24, 2.45) is 0 Å². The molecular weight excluding hydrogens is 322 g/mol. The number of nitrogens with zero attached hydrogens (tertiary/aromatic N) is 5. The van der Waals surface area contributed by atoms with Crippen LogP contribution in [0, 0.1) is 0 Å². The second-order valence-electron chi connectivity index (χ2n) is 5.63. The molecule has 0 bridgehead atoms. The van der Waals surface area contributed by atoms with Crippen LogP contribution in [0.2, 0.25) is 5.02 Å². The Morgan fingerprint density at radius 2 is 2.04 bits per heavy atom. The van der Waals surface area contributed by atoms with Gasteiger partial charge >= 0.3 is 0 Å². The SMILES string of the molecule is CCn1c(-c2cncc(Cn3ccnc3)c2)nc2ccc(Cl)cc21. The number of pyridine rings is 1. The average Bonchev–Trinajstić information content (AvgIpc) is 3.22. The minimum absolute atomic E-state index is 0.718. The fourth-order valence-electron chi connectivity index (χ4n) is 2.92. The Balaban J connectivity index is 1.79. The Bertz CT molecular complexity index is 988. The van der Waals surface area contributed by atoms with Gasteiger partial charge in [0.1, 0.15) is 5.82 Å². The molecule has 4 rings (SSSR count). The predicted molar refractivity (Wildman–Crippen MR) is 95.0 cm³/mol. The molecule has 1 aromatic carbocycles. The van der Waals surface area contributed by atoms with Crippen LogP contribution in [-0.4, -0.2) is 24.1 Å². The average molecular weight is 338 g/mol. The number of rotatable bonds is 4. The van der Waals surface area contributed by atoms with Crippen LogP contribution in [0.1, 0.15) is 12.5 Å². The Kier molecular flexibility index (Phi) is 3.78. The van der Waals surface area contributed by atoms with Gasteiger partial charge in [-0.25, -0.2) is 9.97 Å². The minimum atomic E-state index is 0.718. The van der Waals surface area contributed by atoms with Gasteiger partial charge in [0.05, 0.1) is 23.9 Å². The standard InChI is InChI=1S/C18H16ClN5/c1-2-24-17-8-15(19)3-4-16(17)22-18(24)14-7-13(9-21-10-14)11-23-6-5-20-12-23/h3-10,12H,2,11H2,1H3. The van der Waals surface area contributed by atoms with Crippen LogP contribution in [0.25, 0.3) is 22.4 Å². The molecule has 5 nitrogen and oxygen atoms in total. The molecule has 0 saturated heterocycles. The van der Waals surface area contributed by atoms with Gasteiger partial charge in [0, 0.05) is 41.9 Å². The number of aromatic nitrogens is 5. The summed E-state index contributed by atoms with van der Waals surface area (Å²) in [6.07, 6.45) is 9.25. The Morgan fingerprint density at radius 3 is 2.83 bits per heavy atom. The number of imidazole rings is 2. The van der Waals surface area contributed by atoms with Crippen LogP contribution in [0.15, 0.2) is 55.4 Å². The summed E-state index contributed by atoms with van der Waals surface area (Å²) >= 11 is 6.15. The molecule has 0 unspecified atom stereocenters. The van der Waals surface area contributed by atoms with Gasteiger partial charge in [-0.1, -0.05) is 11.6 Å². The third-order valence-corrected chi connectivity index (χ3v) is 4.24. The van der Waals surface area contributed by atoms with Gasteiger partial charge in [-0.2, -0.15) is 0 Å². The number of aryl methyl sites for hydroxylation is 1. The van der Waals surface area contributed by atoms with Crippen molar-refractivity contribution in [1.82, 2.24) is 24.1 Å². The highest BCUT2D eigenvalue weighted by atomic mass is 35.5. The molecule has 6 heteroatoms. The van der Waals surface area contributed by atoms with Crippen molar-refractivity contribution in [1.29, 1.82) is 0 Å². The maximum Gasteiger partial charge on any atom is 0.142 e. The third kappa shape index (κ3) is 2.67. The van der Waals surface area contributed by atoms with E-state index in [9.17, 15) is 0 Å². The summed E-state index contributed by atoms with van der Waals surface area (Å²) in [4.78, 5) is 13.2. The van der Waals surface area contributed by atoms with E-state index in [4.69, 9.17) is 16.6 Å². The molecule has 4 aromatic rings. The second kappa shape index (κ2) is 6.09. The zero-order valence-corrected chi connectivity index (χ0v) is 14.0. The van der Waals surface area contributed by atoms with E-state index in [-0.39, 0.29) is 0 Å². The summed E-state index contributed by atoms with van der Waals surface area (Å²) in [5.41, 5.74) is 4.09. The van der Waals surface area contributed by atoms with Crippen LogP contribution < -0.4 is 0 Å². The predicted octanol–water partition coefficient (Wildman–Crippen LogP) is 4.02. The van der Waals surface area contributed by atoms with Gasteiger partial charge in [-0.05, 0) is 36.8 Å². The molecule has 0 atom stereocenters. The molecule has 120 valence electrons. The lowest BCUT2D eigenvalue weighted by atomic mass is 10.2. The smallest absolute Gasteiger partial charge is 0.142 e. The Morgan fingerprint density at radius 1 is 1.12 bits per heavy atom. The highest BCUT2D eigenvalue weighted by Crippen LogP contribution is 2.27. The Labute approximate surface area is 144 Å². The van der Waals surface area contributed by atoms with Crippen molar-refractivity contribution in [3.8, 4) is 11.4 Å². The molecule has 0 fully saturated rings. The van der Waals surface area contributed by atoms with E-state index < -0.39 is 0 Å². The van der Waals surface area contributed by atoms with Crippen LogP contribution in [0.4, 0.5) is 0 Å². The topological polar surface area (TPSA) is 48.5 Å². The largest absolute Gasteiger partial charge is 0.333 e. The van der Waals surface area contributed by atoms with E-state index in [2.05, 4.69) is 27.5 Å². The summed E-state index contributed by atoms with van der Waals surface area (Å²) in [6, 6.07) is 7.91. The van der Waals surface area contributed by atoms with Crippen LogP contribution in [0.3, 0.4) is 0 Å². The lowest BCUT2D eigenvalue weighted by Gasteiger charge is -2.08. The number of hydrogen-bond acceptors (Lipinski definition) is 3. The summed E-state index contributed by atoms with van der Waals surface area (Å²) in [5.74, 6) is 0.912. The van der Waals surface area contributed by atoms with Gasteiger partial charge in [0.25, 0.3) is 0 Å². The van der Waals surface area contributed by atoms with Gasteiger partial charge in [0.2, 0.25) is 0 Å². The molecule has 0 aliphatic rings. The summed E-state index contributed by atoms with van der Waals surface area (Å²) in [7, 11) is 0. The highest BCUT2D eigenvalue weighted by molar-refractivity contribution is 6.31. The number of halogens is 1. The molecule has 0 saturated carbocycles. The fourth-order valence-corrected chi connectivity index (χ4v) is 3.09. The number of benzene rings is 1. The van der Waals surface area contributed by atoms with E-state index in [1.165, 1.54) is 0 Å². The highest BCUT2D eigenvalue weighted by Gasteiger charge is 2.12. The molecule has 0 aliphatic heterocycles. The second-order valence-corrected chi connectivity index (χ2v) is 6.07. The van der Waals surface area contributed by atoms with E-state index >= 15 is 0 Å². The van der Waals surface area contributed by atoms with Crippen molar-refractivity contribution in [2.75, 3.05) is 0 Å². The molecule has 0 amide bonds. The van der Waals surface area contributed by atoms with Crippen LogP contribution in [-0.2, 0) is 13.1 Å². The maximum atomic E-state index is 6.15. The van der Waals surface area contributed by atoms with Crippen molar-refractivity contribution in [3.05, 3.63) is 66.0 Å². The maximum absolute atomic E-state index is 6.15. The molecule has 3 aromatic heterocycles. The molecule has 0 spiro atoms. The van der Waals surface area contributed by atoms with Gasteiger partial charge in [-0.15, -0.1) is 0 Å². The molecule has 0 radical (unpaired) electrons. The summed E-state index contributed by atoms with van der Waals surface area (Å²) < 4.78 is 4.18. The van der Waals surface area contributed by atoms with E-state index in [0.29, 0.717) is 0 Å². The quantitative estimate of drug-likeness (QED) is 0.565. The third-order valence-electron chi connectivity index (χ3n) is 4.00. The van der Waals surface area contributed by atoms with Crippen molar-refractivity contribution < 1.29 is 0 Å². The van der Waals surface area contributed by atoms with E-state index in [1.54, 1.807) is 12.5 Å². The van der Waals surface area contributed by atoms with E-state index in [1.807, 2.05) is 41.4 Å². The van der Waals surface area contributed by atoms with Crippen molar-refractivity contribution >= 4 is 22.6 Å². The normalized spacial score (nSPS) is 11.2.